The zero-order valence-electron chi connectivity index (χ0n) is 15.9. The van der Waals surface area contributed by atoms with Gasteiger partial charge in [0.25, 0.3) is 17.5 Å². The Kier molecular flexibility index (Phi) is 5.96. The number of phenols is 1. The predicted molar refractivity (Wildman–Crippen MR) is 107 cm³/mol. The number of carbonyl (C=O) groups excluding carboxylic acids is 2. The normalized spacial score (nSPS) is 14.3. The number of aromatic hydroxyl groups is 1. The van der Waals surface area contributed by atoms with Crippen molar-refractivity contribution in [2.75, 3.05) is 18.0 Å². The van der Waals surface area contributed by atoms with Crippen LogP contribution in [0.5, 0.6) is 5.75 Å². The number of anilines is 1. The summed E-state index contributed by atoms with van der Waals surface area (Å²) in [7, 11) is 0. The number of nitro benzene ring substituents is 1. The van der Waals surface area contributed by atoms with E-state index in [9.17, 15) is 24.8 Å². The number of nitro groups is 1. The number of amides is 2. The van der Waals surface area contributed by atoms with Crippen molar-refractivity contribution in [2.24, 2.45) is 5.92 Å². The quantitative estimate of drug-likeness (QED) is 0.537. The van der Waals surface area contributed by atoms with Crippen LogP contribution in [0.25, 0.3) is 0 Å². The Labute approximate surface area is 167 Å². The first-order chi connectivity index (χ1) is 13.9. The molecule has 9 nitrogen and oxygen atoms in total. The summed E-state index contributed by atoms with van der Waals surface area (Å²) in [5.41, 5.74) is 4.77. The van der Waals surface area contributed by atoms with Gasteiger partial charge >= 0.3 is 0 Å². The minimum atomic E-state index is -0.704. The van der Waals surface area contributed by atoms with Crippen LogP contribution in [-0.2, 0) is 0 Å². The van der Waals surface area contributed by atoms with Crippen LogP contribution in [0.15, 0.2) is 42.5 Å². The highest BCUT2D eigenvalue weighted by molar-refractivity contribution is 6.00. The molecule has 0 radical (unpaired) electrons. The van der Waals surface area contributed by atoms with Crippen LogP contribution in [0.2, 0.25) is 0 Å². The summed E-state index contributed by atoms with van der Waals surface area (Å²) in [5.74, 6) is -1.04. The van der Waals surface area contributed by atoms with E-state index in [4.69, 9.17) is 0 Å². The predicted octanol–water partition coefficient (Wildman–Crippen LogP) is 2.61. The molecule has 0 aliphatic carbocycles. The van der Waals surface area contributed by atoms with Gasteiger partial charge in [0.05, 0.1) is 10.5 Å². The molecule has 0 spiro atoms. The number of phenolic OH excluding ortho intramolecular Hbond substituents is 1. The van der Waals surface area contributed by atoms with Crippen LogP contribution < -0.4 is 15.8 Å². The van der Waals surface area contributed by atoms with Crippen molar-refractivity contribution in [3.05, 3.63) is 63.7 Å². The number of carbonyl (C=O) groups is 2. The van der Waals surface area contributed by atoms with Gasteiger partial charge < -0.3 is 10.0 Å². The minimum Gasteiger partial charge on any atom is -0.507 e. The van der Waals surface area contributed by atoms with Gasteiger partial charge in [-0.3, -0.25) is 30.6 Å². The summed E-state index contributed by atoms with van der Waals surface area (Å²) < 4.78 is 0. The standard InChI is InChI=1S/C20H22N4O5/c1-13-8-10-23(11-9-13)16-7-6-14(12-17(16)24(28)29)19(26)21-22-20(27)15-4-2-3-5-18(15)25/h2-7,12-13,25H,8-11H2,1H3,(H,21,26)(H,22,27). The van der Waals surface area contributed by atoms with Crippen molar-refractivity contribution in [3.8, 4) is 5.75 Å². The lowest BCUT2D eigenvalue weighted by atomic mass is 9.98. The van der Waals surface area contributed by atoms with Crippen LogP contribution >= 0.6 is 0 Å². The number of piperidine rings is 1. The maximum Gasteiger partial charge on any atom is 0.293 e. The molecule has 1 aliphatic rings. The van der Waals surface area contributed by atoms with Crippen LogP contribution in [-0.4, -0.2) is 34.9 Å². The number of rotatable bonds is 4. The minimum absolute atomic E-state index is 0.00606. The Balaban J connectivity index is 1.72. The Morgan fingerprint density at radius 1 is 1.10 bits per heavy atom. The van der Waals surface area contributed by atoms with Crippen LogP contribution in [0, 0.1) is 16.0 Å². The average Bonchev–Trinajstić information content (AvgIpc) is 2.72. The molecule has 2 aromatic rings. The van der Waals surface area contributed by atoms with E-state index in [1.165, 1.54) is 24.3 Å². The lowest BCUT2D eigenvalue weighted by Crippen LogP contribution is -2.41. The highest BCUT2D eigenvalue weighted by Crippen LogP contribution is 2.32. The third-order valence-corrected chi connectivity index (χ3v) is 5.00. The lowest BCUT2D eigenvalue weighted by Gasteiger charge is -2.31. The van der Waals surface area contributed by atoms with Crippen molar-refractivity contribution < 1.29 is 19.6 Å². The second-order valence-corrected chi connectivity index (χ2v) is 7.06. The maximum atomic E-state index is 12.3. The van der Waals surface area contributed by atoms with Crippen LogP contribution in [0.1, 0.15) is 40.5 Å². The van der Waals surface area contributed by atoms with Gasteiger partial charge in [-0.25, -0.2) is 0 Å². The smallest absolute Gasteiger partial charge is 0.293 e. The summed E-state index contributed by atoms with van der Waals surface area (Å²) in [6.07, 6.45) is 1.91. The monoisotopic (exact) mass is 398 g/mol. The molecule has 9 heteroatoms. The molecule has 152 valence electrons. The van der Waals surface area contributed by atoms with E-state index >= 15 is 0 Å². The molecule has 1 heterocycles. The molecule has 0 saturated carbocycles. The third kappa shape index (κ3) is 4.63. The Morgan fingerprint density at radius 3 is 2.41 bits per heavy atom. The van der Waals surface area contributed by atoms with Gasteiger partial charge in [-0.2, -0.15) is 0 Å². The second-order valence-electron chi connectivity index (χ2n) is 7.06. The molecule has 3 N–H and O–H groups in total. The van der Waals surface area contributed by atoms with E-state index in [2.05, 4.69) is 17.8 Å². The summed E-state index contributed by atoms with van der Waals surface area (Å²) in [5, 5.41) is 21.2. The van der Waals surface area contributed by atoms with Gasteiger partial charge in [0.15, 0.2) is 0 Å². The first kappa shape index (κ1) is 20.1. The van der Waals surface area contributed by atoms with Crippen molar-refractivity contribution in [1.82, 2.24) is 10.9 Å². The molecule has 1 aliphatic heterocycles. The van der Waals surface area contributed by atoms with Gasteiger partial charge in [0.2, 0.25) is 0 Å². The first-order valence-corrected chi connectivity index (χ1v) is 9.29. The fraction of sp³-hybridized carbons (Fsp3) is 0.300. The number of hydrogen-bond donors (Lipinski definition) is 3. The molecule has 0 unspecified atom stereocenters. The Morgan fingerprint density at radius 2 is 1.76 bits per heavy atom. The van der Waals surface area contributed by atoms with Crippen molar-refractivity contribution in [1.29, 1.82) is 0 Å². The van der Waals surface area contributed by atoms with Gasteiger partial charge in [0.1, 0.15) is 11.4 Å². The number of para-hydroxylation sites is 1. The fourth-order valence-electron chi connectivity index (χ4n) is 3.25. The van der Waals surface area contributed by atoms with Gasteiger partial charge in [-0.1, -0.05) is 19.1 Å². The van der Waals surface area contributed by atoms with Crippen molar-refractivity contribution in [2.45, 2.75) is 19.8 Å². The highest BCUT2D eigenvalue weighted by atomic mass is 16.6. The largest absolute Gasteiger partial charge is 0.507 e. The fourth-order valence-corrected chi connectivity index (χ4v) is 3.25. The van der Waals surface area contributed by atoms with Crippen LogP contribution in [0.3, 0.4) is 0 Å². The molecule has 3 rings (SSSR count). The molecule has 2 amide bonds. The lowest BCUT2D eigenvalue weighted by molar-refractivity contribution is -0.384. The Bertz CT molecular complexity index is 938. The van der Waals surface area contributed by atoms with E-state index in [0.29, 0.717) is 11.6 Å². The van der Waals surface area contributed by atoms with Crippen LogP contribution in [0.4, 0.5) is 11.4 Å². The molecular weight excluding hydrogens is 376 g/mol. The summed E-state index contributed by atoms with van der Waals surface area (Å²) >= 11 is 0. The number of hydrazine groups is 1. The molecule has 29 heavy (non-hydrogen) atoms. The third-order valence-electron chi connectivity index (χ3n) is 5.00. The van der Waals surface area contributed by atoms with E-state index in [1.54, 1.807) is 18.2 Å². The number of benzene rings is 2. The van der Waals surface area contributed by atoms with E-state index in [1.807, 2.05) is 4.90 Å². The van der Waals surface area contributed by atoms with E-state index in [0.717, 1.165) is 25.9 Å². The van der Waals surface area contributed by atoms with E-state index in [-0.39, 0.29) is 22.6 Å². The van der Waals surface area contributed by atoms with E-state index < -0.39 is 16.7 Å². The summed E-state index contributed by atoms with van der Waals surface area (Å²) in [4.78, 5) is 37.4. The molecule has 0 bridgehead atoms. The molecule has 1 saturated heterocycles. The average molecular weight is 398 g/mol. The summed E-state index contributed by atoms with van der Waals surface area (Å²) in [6, 6.07) is 10.1. The summed E-state index contributed by atoms with van der Waals surface area (Å²) in [6.45, 7) is 3.61. The van der Waals surface area contributed by atoms with Crippen molar-refractivity contribution >= 4 is 23.2 Å². The van der Waals surface area contributed by atoms with Gasteiger partial charge in [-0.05, 0) is 43.0 Å². The molecular formula is C20H22N4O5. The van der Waals surface area contributed by atoms with Gasteiger partial charge in [-0.15, -0.1) is 0 Å². The zero-order chi connectivity index (χ0) is 21.0. The second kappa shape index (κ2) is 8.59. The molecule has 0 atom stereocenters. The Hall–Kier alpha value is -3.62. The first-order valence-electron chi connectivity index (χ1n) is 9.29. The number of hydrogen-bond acceptors (Lipinski definition) is 6. The molecule has 1 fully saturated rings. The van der Waals surface area contributed by atoms with Crippen molar-refractivity contribution in [3.63, 3.8) is 0 Å². The van der Waals surface area contributed by atoms with Gasteiger partial charge in [0, 0.05) is 24.7 Å². The zero-order valence-corrected chi connectivity index (χ0v) is 15.9. The number of nitrogens with zero attached hydrogens (tertiary/aromatic N) is 2. The highest BCUT2D eigenvalue weighted by Gasteiger charge is 2.25. The molecule has 0 aromatic heterocycles. The SMILES string of the molecule is CC1CCN(c2ccc(C(=O)NNC(=O)c3ccccc3O)cc2[N+](=O)[O-])CC1. The number of nitrogens with one attached hydrogen (secondary N) is 2. The molecule has 2 aromatic carbocycles. The topological polar surface area (TPSA) is 125 Å². The maximum absolute atomic E-state index is 12.3.